The van der Waals surface area contributed by atoms with E-state index in [1.165, 1.54) is 0 Å². The number of fused-ring (bicyclic) bond motifs is 1. The molecule has 0 N–H and O–H groups in total. The van der Waals surface area contributed by atoms with Crippen LogP contribution in [0.3, 0.4) is 0 Å². The van der Waals surface area contributed by atoms with Crippen LogP contribution >= 0.6 is 0 Å². The fourth-order valence-corrected chi connectivity index (χ4v) is 3.32. The molecule has 0 unspecified atom stereocenters. The van der Waals surface area contributed by atoms with Gasteiger partial charge in [0, 0.05) is 16.5 Å². The first-order valence-electron chi connectivity index (χ1n) is 8.48. The molecule has 3 nitrogen and oxygen atoms in total. The highest BCUT2D eigenvalue weighted by Gasteiger charge is 2.25. The van der Waals surface area contributed by atoms with Gasteiger partial charge in [-0.3, -0.25) is 14.2 Å². The molecule has 0 saturated heterocycles. The number of para-hydroxylation sites is 1. The number of nitrogens with zero attached hydrogens (tertiary/aromatic N) is 1. The molecule has 3 aromatic carbocycles. The number of rotatable bonds is 3. The van der Waals surface area contributed by atoms with Gasteiger partial charge in [-0.1, -0.05) is 66.7 Å². The fourth-order valence-electron chi connectivity index (χ4n) is 3.32. The number of hydrogen-bond donors (Lipinski definition) is 0. The van der Waals surface area contributed by atoms with Crippen molar-refractivity contribution in [1.82, 2.24) is 4.57 Å². The number of aromatic nitrogens is 1. The molecule has 0 amide bonds. The van der Waals surface area contributed by atoms with Gasteiger partial charge in [0.25, 0.3) is 5.91 Å². The predicted molar refractivity (Wildman–Crippen MR) is 103 cm³/mol. The van der Waals surface area contributed by atoms with Crippen molar-refractivity contribution in [2.75, 3.05) is 0 Å². The van der Waals surface area contributed by atoms with E-state index in [1.807, 2.05) is 67.6 Å². The summed E-state index contributed by atoms with van der Waals surface area (Å²) < 4.78 is 1.55. The minimum absolute atomic E-state index is 0.149. The molecule has 26 heavy (non-hydrogen) atoms. The van der Waals surface area contributed by atoms with Crippen LogP contribution in [0.1, 0.15) is 32.0 Å². The average molecular weight is 339 g/mol. The van der Waals surface area contributed by atoms with Crippen LogP contribution in [-0.4, -0.2) is 16.3 Å². The van der Waals surface area contributed by atoms with Crippen LogP contribution in [0.2, 0.25) is 0 Å². The predicted octanol–water partition coefficient (Wildman–Crippen LogP) is 4.87. The van der Waals surface area contributed by atoms with Gasteiger partial charge in [-0.05, 0) is 30.7 Å². The van der Waals surface area contributed by atoms with E-state index in [-0.39, 0.29) is 11.7 Å². The summed E-state index contributed by atoms with van der Waals surface area (Å²) >= 11 is 0. The highest BCUT2D eigenvalue weighted by atomic mass is 16.2. The molecule has 126 valence electrons. The molecule has 0 aliphatic rings. The molecular weight excluding hydrogens is 322 g/mol. The van der Waals surface area contributed by atoms with Gasteiger partial charge in [0.2, 0.25) is 5.78 Å². The maximum Gasteiger partial charge on any atom is 0.262 e. The van der Waals surface area contributed by atoms with Crippen molar-refractivity contribution in [3.63, 3.8) is 0 Å². The van der Waals surface area contributed by atoms with E-state index in [2.05, 4.69) is 0 Å². The second-order valence-electron chi connectivity index (χ2n) is 6.19. The van der Waals surface area contributed by atoms with Gasteiger partial charge in [-0.25, -0.2) is 0 Å². The second kappa shape index (κ2) is 6.45. The normalized spacial score (nSPS) is 10.8. The lowest BCUT2D eigenvalue weighted by molar-refractivity contribution is 0.0937. The van der Waals surface area contributed by atoms with Gasteiger partial charge >= 0.3 is 0 Å². The Kier molecular flexibility index (Phi) is 3.98. The number of ketones is 1. The van der Waals surface area contributed by atoms with Crippen LogP contribution in [0.4, 0.5) is 0 Å². The summed E-state index contributed by atoms with van der Waals surface area (Å²) in [4.78, 5) is 26.5. The summed E-state index contributed by atoms with van der Waals surface area (Å²) in [7, 11) is 0. The Bertz CT molecular complexity index is 1110. The van der Waals surface area contributed by atoms with Crippen molar-refractivity contribution < 1.29 is 9.59 Å². The third kappa shape index (κ3) is 2.54. The first-order valence-corrected chi connectivity index (χ1v) is 8.48. The zero-order valence-electron chi connectivity index (χ0n) is 14.3. The number of carbonyl (C=O) groups is 2. The maximum atomic E-state index is 13.2. The van der Waals surface area contributed by atoms with Crippen molar-refractivity contribution in [2.45, 2.75) is 6.92 Å². The third-order valence-corrected chi connectivity index (χ3v) is 4.60. The molecule has 0 atom stereocenters. The number of benzene rings is 3. The van der Waals surface area contributed by atoms with Crippen molar-refractivity contribution in [3.8, 4) is 0 Å². The fraction of sp³-hybridized carbons (Fsp3) is 0.0435. The van der Waals surface area contributed by atoms with Crippen LogP contribution in [0.5, 0.6) is 0 Å². The zero-order chi connectivity index (χ0) is 18.1. The molecule has 0 radical (unpaired) electrons. The Morgan fingerprint density at radius 2 is 1.23 bits per heavy atom. The van der Waals surface area contributed by atoms with Gasteiger partial charge < -0.3 is 0 Å². The maximum absolute atomic E-state index is 13.2. The Morgan fingerprint density at radius 3 is 1.88 bits per heavy atom. The summed E-state index contributed by atoms with van der Waals surface area (Å²) in [6.07, 6.45) is 0. The van der Waals surface area contributed by atoms with Crippen LogP contribution in [0.15, 0.2) is 84.9 Å². The molecule has 3 heteroatoms. The van der Waals surface area contributed by atoms with Crippen molar-refractivity contribution >= 4 is 22.6 Å². The lowest BCUT2D eigenvalue weighted by Crippen LogP contribution is -2.19. The first-order chi connectivity index (χ1) is 12.7. The highest BCUT2D eigenvalue weighted by molar-refractivity contribution is 6.16. The molecule has 1 aromatic heterocycles. The molecule has 0 aliphatic carbocycles. The van der Waals surface area contributed by atoms with E-state index in [0.29, 0.717) is 16.8 Å². The Balaban J connectivity index is 1.99. The smallest absolute Gasteiger partial charge is 0.262 e. The molecule has 4 rings (SSSR count). The lowest BCUT2D eigenvalue weighted by Gasteiger charge is -2.10. The second-order valence-corrected chi connectivity index (χ2v) is 6.19. The molecule has 0 saturated carbocycles. The Labute approximate surface area is 151 Å². The third-order valence-electron chi connectivity index (χ3n) is 4.60. The van der Waals surface area contributed by atoms with E-state index >= 15 is 0 Å². The van der Waals surface area contributed by atoms with E-state index in [0.717, 1.165) is 16.5 Å². The van der Waals surface area contributed by atoms with E-state index in [9.17, 15) is 9.59 Å². The van der Waals surface area contributed by atoms with E-state index in [1.54, 1.807) is 28.8 Å². The molecular formula is C23H17NO2. The largest absolute Gasteiger partial charge is 0.287 e. The lowest BCUT2D eigenvalue weighted by atomic mass is 10.0. The van der Waals surface area contributed by atoms with Crippen LogP contribution < -0.4 is 0 Å². The van der Waals surface area contributed by atoms with Crippen LogP contribution in [0, 0.1) is 6.92 Å². The summed E-state index contributed by atoms with van der Waals surface area (Å²) in [5.41, 5.74) is 3.11. The van der Waals surface area contributed by atoms with Gasteiger partial charge in [0.15, 0.2) is 0 Å². The summed E-state index contributed by atoms with van der Waals surface area (Å²) in [5.74, 6) is -0.349. The summed E-state index contributed by atoms with van der Waals surface area (Å²) in [6.45, 7) is 1.90. The molecule has 0 bridgehead atoms. The van der Waals surface area contributed by atoms with Crippen LogP contribution in [0.25, 0.3) is 10.9 Å². The minimum Gasteiger partial charge on any atom is -0.287 e. The van der Waals surface area contributed by atoms with Crippen molar-refractivity contribution in [3.05, 3.63) is 107 Å². The van der Waals surface area contributed by atoms with Crippen molar-refractivity contribution in [1.29, 1.82) is 0 Å². The zero-order valence-corrected chi connectivity index (χ0v) is 14.3. The van der Waals surface area contributed by atoms with Crippen molar-refractivity contribution in [2.24, 2.45) is 0 Å². The highest BCUT2D eigenvalue weighted by Crippen LogP contribution is 2.28. The topological polar surface area (TPSA) is 39.1 Å². The van der Waals surface area contributed by atoms with Gasteiger partial charge in [0.1, 0.15) is 5.69 Å². The summed E-state index contributed by atoms with van der Waals surface area (Å²) in [5, 5.41) is 0.913. The standard InChI is InChI=1S/C23H17NO2/c1-16-19-14-8-9-15-20(19)24(23(26)18-12-6-3-7-13-18)21(16)22(25)17-10-4-2-5-11-17/h2-15H,1H3. The number of aryl methyl sites for hydroxylation is 1. The molecule has 4 aromatic rings. The van der Waals surface area contributed by atoms with Gasteiger partial charge in [0.05, 0.1) is 5.52 Å². The van der Waals surface area contributed by atoms with E-state index in [4.69, 9.17) is 0 Å². The molecule has 0 aliphatic heterocycles. The van der Waals surface area contributed by atoms with E-state index < -0.39 is 0 Å². The SMILES string of the molecule is Cc1c(C(=O)c2ccccc2)n(C(=O)c2ccccc2)c2ccccc12. The quantitative estimate of drug-likeness (QED) is 0.500. The number of hydrogen-bond acceptors (Lipinski definition) is 2. The monoisotopic (exact) mass is 339 g/mol. The Hall–Kier alpha value is -3.46. The average Bonchev–Trinajstić information content (AvgIpc) is 3.01. The van der Waals surface area contributed by atoms with Crippen LogP contribution in [-0.2, 0) is 0 Å². The molecule has 0 fully saturated rings. The molecule has 1 heterocycles. The minimum atomic E-state index is -0.200. The first kappa shape index (κ1) is 16.0. The number of carbonyl (C=O) groups excluding carboxylic acids is 2. The Morgan fingerprint density at radius 1 is 0.692 bits per heavy atom. The summed E-state index contributed by atoms with van der Waals surface area (Å²) in [6, 6.07) is 25.8. The van der Waals surface area contributed by atoms with Gasteiger partial charge in [-0.2, -0.15) is 0 Å². The molecule has 0 spiro atoms. The van der Waals surface area contributed by atoms with Gasteiger partial charge in [-0.15, -0.1) is 0 Å².